The van der Waals surface area contributed by atoms with Crippen LogP contribution in [0.4, 0.5) is 14.5 Å². The lowest BCUT2D eigenvalue weighted by atomic mass is 10.2. The summed E-state index contributed by atoms with van der Waals surface area (Å²) in [6, 6.07) is -0.585. The maximum Gasteiger partial charge on any atom is 0.257 e. The average molecular weight is 246 g/mol. The summed E-state index contributed by atoms with van der Waals surface area (Å²) in [5, 5.41) is 6.22. The largest absolute Gasteiger partial charge is 0.322 e. The second kappa shape index (κ2) is 6.29. The third kappa shape index (κ3) is 4.48. The Morgan fingerprint density at radius 3 is 2.94 bits per heavy atom. The summed E-state index contributed by atoms with van der Waals surface area (Å²) in [5.74, 6) is -0.330. The van der Waals surface area contributed by atoms with Crippen LogP contribution in [0.1, 0.15) is 19.8 Å². The van der Waals surface area contributed by atoms with Gasteiger partial charge < -0.3 is 11.1 Å². The van der Waals surface area contributed by atoms with Crippen molar-refractivity contribution in [3.63, 3.8) is 0 Å². The lowest BCUT2D eigenvalue weighted by molar-refractivity contribution is -0.117. The zero-order valence-electron chi connectivity index (χ0n) is 9.57. The van der Waals surface area contributed by atoms with Crippen LogP contribution in [-0.2, 0) is 11.3 Å². The Bertz CT molecular complexity index is 367. The monoisotopic (exact) mass is 246 g/mol. The number of amides is 1. The van der Waals surface area contributed by atoms with Gasteiger partial charge >= 0.3 is 0 Å². The number of aromatic nitrogens is 2. The van der Waals surface area contributed by atoms with Gasteiger partial charge in [0.1, 0.15) is 6.54 Å². The molecular weight excluding hydrogens is 230 g/mol. The molecule has 96 valence electrons. The van der Waals surface area contributed by atoms with Crippen LogP contribution in [0.2, 0.25) is 0 Å². The van der Waals surface area contributed by atoms with Gasteiger partial charge in [-0.05, 0) is 6.42 Å². The Kier molecular flexibility index (Phi) is 5.02. The quantitative estimate of drug-likeness (QED) is 0.792. The first-order valence-corrected chi connectivity index (χ1v) is 5.40. The third-order valence-electron chi connectivity index (χ3n) is 2.16. The summed E-state index contributed by atoms with van der Waals surface area (Å²) in [4.78, 5) is 11.5. The molecule has 0 aromatic carbocycles. The minimum absolute atomic E-state index is 0.330. The normalized spacial score (nSPS) is 12.8. The van der Waals surface area contributed by atoms with Crippen molar-refractivity contribution in [2.75, 3.05) is 5.32 Å². The number of rotatable bonds is 6. The zero-order valence-corrected chi connectivity index (χ0v) is 9.57. The van der Waals surface area contributed by atoms with Gasteiger partial charge in [0.2, 0.25) is 5.91 Å². The van der Waals surface area contributed by atoms with Crippen LogP contribution in [0.5, 0.6) is 0 Å². The van der Waals surface area contributed by atoms with Gasteiger partial charge in [-0.15, -0.1) is 0 Å². The van der Waals surface area contributed by atoms with Gasteiger partial charge in [0.05, 0.1) is 17.9 Å². The number of alkyl halides is 2. The Labute approximate surface area is 98.0 Å². The molecule has 0 spiro atoms. The highest BCUT2D eigenvalue weighted by Crippen LogP contribution is 2.08. The molecule has 0 saturated heterocycles. The first-order chi connectivity index (χ1) is 8.02. The molecule has 0 bridgehead atoms. The number of hydrogen-bond acceptors (Lipinski definition) is 3. The molecule has 1 aromatic rings. The van der Waals surface area contributed by atoms with Crippen LogP contribution in [0, 0.1) is 0 Å². The minimum atomic E-state index is -2.47. The van der Waals surface area contributed by atoms with Gasteiger partial charge in [0.25, 0.3) is 6.43 Å². The van der Waals surface area contributed by atoms with Crippen molar-refractivity contribution in [1.29, 1.82) is 0 Å². The molecule has 7 heteroatoms. The Hall–Kier alpha value is -1.50. The van der Waals surface area contributed by atoms with E-state index in [0.717, 1.165) is 11.1 Å². The summed E-state index contributed by atoms with van der Waals surface area (Å²) in [6.45, 7) is 1.44. The number of carbonyl (C=O) groups excluding carboxylic acids is 1. The molecule has 1 aromatic heterocycles. The molecule has 1 atom stereocenters. The number of carbonyl (C=O) groups is 1. The lowest BCUT2D eigenvalue weighted by Crippen LogP contribution is -2.35. The van der Waals surface area contributed by atoms with Crippen LogP contribution in [0.25, 0.3) is 0 Å². The van der Waals surface area contributed by atoms with E-state index in [9.17, 15) is 13.6 Å². The fraction of sp³-hybridized carbons (Fsp3) is 0.600. The molecule has 17 heavy (non-hydrogen) atoms. The van der Waals surface area contributed by atoms with Crippen LogP contribution >= 0.6 is 0 Å². The van der Waals surface area contributed by atoms with Crippen molar-refractivity contribution in [2.45, 2.75) is 38.8 Å². The molecule has 0 aliphatic carbocycles. The molecule has 0 fully saturated rings. The smallest absolute Gasteiger partial charge is 0.257 e. The van der Waals surface area contributed by atoms with E-state index < -0.39 is 19.0 Å². The number of hydrogen-bond donors (Lipinski definition) is 2. The first-order valence-electron chi connectivity index (χ1n) is 5.40. The van der Waals surface area contributed by atoms with Gasteiger partial charge in [-0.2, -0.15) is 5.10 Å². The molecule has 0 aliphatic rings. The fourth-order valence-corrected chi connectivity index (χ4v) is 1.35. The second-order valence-corrected chi connectivity index (χ2v) is 3.73. The lowest BCUT2D eigenvalue weighted by Gasteiger charge is -2.09. The van der Waals surface area contributed by atoms with Gasteiger partial charge in [0, 0.05) is 6.20 Å². The second-order valence-electron chi connectivity index (χ2n) is 3.73. The standard InChI is InChI=1S/C10H16F2N4O/c1-2-3-8(13)10(17)15-7-4-14-16(5-7)6-9(11)12/h4-5,8-9H,2-3,6,13H2,1H3,(H,15,17). The molecule has 0 saturated carbocycles. The van der Waals surface area contributed by atoms with E-state index >= 15 is 0 Å². The molecular formula is C10H16F2N4O. The number of nitrogens with zero attached hydrogens (tertiary/aromatic N) is 2. The minimum Gasteiger partial charge on any atom is -0.322 e. The van der Waals surface area contributed by atoms with Crippen molar-refractivity contribution < 1.29 is 13.6 Å². The van der Waals surface area contributed by atoms with Crippen LogP contribution < -0.4 is 11.1 Å². The van der Waals surface area contributed by atoms with E-state index in [2.05, 4.69) is 10.4 Å². The molecule has 1 amide bonds. The number of halogens is 2. The van der Waals surface area contributed by atoms with E-state index in [1.165, 1.54) is 12.4 Å². The van der Waals surface area contributed by atoms with Crippen molar-refractivity contribution in [1.82, 2.24) is 9.78 Å². The SMILES string of the molecule is CCCC(N)C(=O)Nc1cnn(CC(F)F)c1. The van der Waals surface area contributed by atoms with Crippen molar-refractivity contribution in [2.24, 2.45) is 5.73 Å². The Morgan fingerprint density at radius 2 is 2.35 bits per heavy atom. The molecule has 3 N–H and O–H groups in total. The van der Waals surface area contributed by atoms with Gasteiger partial charge in [-0.3, -0.25) is 9.48 Å². The summed E-state index contributed by atoms with van der Waals surface area (Å²) in [5.41, 5.74) is 5.98. The van der Waals surface area contributed by atoms with Gasteiger partial charge in [-0.1, -0.05) is 13.3 Å². The topological polar surface area (TPSA) is 72.9 Å². The van der Waals surface area contributed by atoms with Crippen LogP contribution in [-0.4, -0.2) is 28.2 Å². The van der Waals surface area contributed by atoms with E-state index in [4.69, 9.17) is 5.73 Å². The summed E-state index contributed by atoms with van der Waals surface area (Å²) in [7, 11) is 0. The first kappa shape index (κ1) is 13.6. The van der Waals surface area contributed by atoms with Crippen molar-refractivity contribution in [3.05, 3.63) is 12.4 Å². The average Bonchev–Trinajstić information content (AvgIpc) is 2.64. The zero-order chi connectivity index (χ0) is 12.8. The maximum atomic E-state index is 12.1. The Balaban J connectivity index is 2.51. The van der Waals surface area contributed by atoms with E-state index in [-0.39, 0.29) is 5.91 Å². The molecule has 1 rings (SSSR count). The highest BCUT2D eigenvalue weighted by atomic mass is 19.3. The molecule has 1 unspecified atom stereocenters. The van der Waals surface area contributed by atoms with Crippen LogP contribution in [0.3, 0.4) is 0 Å². The van der Waals surface area contributed by atoms with Gasteiger partial charge in [-0.25, -0.2) is 8.78 Å². The fourth-order valence-electron chi connectivity index (χ4n) is 1.35. The molecule has 1 heterocycles. The number of nitrogens with two attached hydrogens (primary N) is 1. The Morgan fingerprint density at radius 1 is 1.65 bits per heavy atom. The van der Waals surface area contributed by atoms with E-state index in [1.54, 1.807) is 0 Å². The summed E-state index contributed by atoms with van der Waals surface area (Å²) < 4.78 is 25.2. The highest BCUT2D eigenvalue weighted by molar-refractivity contribution is 5.94. The maximum absolute atomic E-state index is 12.1. The number of anilines is 1. The molecule has 5 nitrogen and oxygen atoms in total. The predicted octanol–water partition coefficient (Wildman–Crippen LogP) is 1.21. The summed E-state index contributed by atoms with van der Waals surface area (Å²) in [6.07, 6.45) is 1.58. The predicted molar refractivity (Wildman–Crippen MR) is 59.7 cm³/mol. The van der Waals surface area contributed by atoms with Gasteiger partial charge in [0.15, 0.2) is 0 Å². The van der Waals surface area contributed by atoms with E-state index in [0.29, 0.717) is 12.1 Å². The van der Waals surface area contributed by atoms with Crippen molar-refractivity contribution in [3.8, 4) is 0 Å². The number of nitrogens with one attached hydrogen (secondary N) is 1. The highest BCUT2D eigenvalue weighted by Gasteiger charge is 2.13. The molecule has 0 aliphatic heterocycles. The van der Waals surface area contributed by atoms with Crippen LogP contribution in [0.15, 0.2) is 12.4 Å². The third-order valence-corrected chi connectivity index (χ3v) is 2.16. The van der Waals surface area contributed by atoms with E-state index in [1.807, 2.05) is 6.92 Å². The van der Waals surface area contributed by atoms with Crippen molar-refractivity contribution >= 4 is 11.6 Å². The summed E-state index contributed by atoms with van der Waals surface area (Å²) >= 11 is 0. The molecule has 0 radical (unpaired) electrons.